The van der Waals surface area contributed by atoms with Gasteiger partial charge in [-0.2, -0.15) is 0 Å². The molecule has 1 aliphatic heterocycles. The normalized spacial score (nSPS) is 26.5. The third-order valence-corrected chi connectivity index (χ3v) is 3.58. The van der Waals surface area contributed by atoms with Crippen LogP contribution in [0, 0.1) is 0 Å². The van der Waals surface area contributed by atoms with Crippen LogP contribution in [0.2, 0.25) is 0 Å². The maximum absolute atomic E-state index is 9.96. The Morgan fingerprint density at radius 2 is 2.16 bits per heavy atom. The number of β-amino-alcohol motifs (C(OH)–C–C–N with tert-alkyl or cyclic N) is 1. The zero-order valence-corrected chi connectivity index (χ0v) is 12.1. The number of aliphatic hydroxyl groups excluding tert-OH is 1. The molecule has 0 amide bonds. The van der Waals surface area contributed by atoms with Gasteiger partial charge in [-0.25, -0.2) is 0 Å². The Labute approximate surface area is 115 Å². The van der Waals surface area contributed by atoms with E-state index in [1.165, 1.54) is 0 Å². The first kappa shape index (κ1) is 16.8. The van der Waals surface area contributed by atoms with Crippen molar-refractivity contribution in [3.8, 4) is 0 Å². The van der Waals surface area contributed by atoms with Crippen LogP contribution in [-0.2, 0) is 14.2 Å². The Morgan fingerprint density at radius 1 is 1.37 bits per heavy atom. The van der Waals surface area contributed by atoms with Crippen LogP contribution in [0.5, 0.6) is 0 Å². The van der Waals surface area contributed by atoms with Crippen molar-refractivity contribution < 1.29 is 19.3 Å². The van der Waals surface area contributed by atoms with Gasteiger partial charge in [0.1, 0.15) is 0 Å². The van der Waals surface area contributed by atoms with Crippen LogP contribution in [0.25, 0.3) is 0 Å². The molecule has 0 radical (unpaired) electrons. The van der Waals surface area contributed by atoms with Crippen molar-refractivity contribution in [2.24, 2.45) is 5.73 Å². The highest BCUT2D eigenvalue weighted by Crippen LogP contribution is 2.19. The lowest BCUT2D eigenvalue weighted by molar-refractivity contribution is -0.0303. The highest BCUT2D eigenvalue weighted by molar-refractivity contribution is 4.84. The third kappa shape index (κ3) is 6.16. The Balaban J connectivity index is 2.26. The molecule has 3 atom stereocenters. The number of aliphatic hydroxyl groups is 1. The molecule has 1 aliphatic rings. The number of hydrogen-bond donors (Lipinski definition) is 2. The van der Waals surface area contributed by atoms with E-state index in [0.29, 0.717) is 39.0 Å². The summed E-state index contributed by atoms with van der Waals surface area (Å²) in [6.07, 6.45) is 1.74. The van der Waals surface area contributed by atoms with Crippen molar-refractivity contribution in [2.75, 3.05) is 53.7 Å². The third-order valence-electron chi connectivity index (χ3n) is 3.58. The van der Waals surface area contributed by atoms with Crippen LogP contribution >= 0.6 is 0 Å². The second-order valence-electron chi connectivity index (χ2n) is 4.99. The first-order chi connectivity index (χ1) is 9.21. The number of methoxy groups -OCH3 is 2. The fraction of sp³-hybridized carbons (Fsp3) is 1.00. The molecular formula is C13H28N2O4. The lowest BCUT2D eigenvalue weighted by Crippen LogP contribution is -2.51. The van der Waals surface area contributed by atoms with Crippen LogP contribution in [-0.4, -0.2) is 81.9 Å². The maximum atomic E-state index is 9.96. The summed E-state index contributed by atoms with van der Waals surface area (Å²) in [6, 6.07) is 0.285. The maximum Gasteiger partial charge on any atom is 0.0900 e. The molecule has 1 fully saturated rings. The number of ether oxygens (including phenoxy) is 3. The topological polar surface area (TPSA) is 77.2 Å². The zero-order chi connectivity index (χ0) is 14.1. The largest absolute Gasteiger partial charge is 0.389 e. The summed E-state index contributed by atoms with van der Waals surface area (Å²) < 4.78 is 15.6. The molecular weight excluding hydrogens is 248 g/mol. The molecule has 6 nitrogen and oxygen atoms in total. The van der Waals surface area contributed by atoms with Gasteiger partial charge in [0, 0.05) is 39.9 Å². The van der Waals surface area contributed by atoms with Crippen LogP contribution in [0.1, 0.15) is 12.8 Å². The van der Waals surface area contributed by atoms with E-state index in [1.54, 1.807) is 14.2 Å². The average Bonchev–Trinajstić information content (AvgIpc) is 2.44. The van der Waals surface area contributed by atoms with Crippen molar-refractivity contribution in [1.29, 1.82) is 0 Å². The molecule has 0 aromatic carbocycles. The molecule has 0 aromatic rings. The number of nitrogens with two attached hydrogens (primary N) is 1. The number of hydrogen-bond acceptors (Lipinski definition) is 6. The summed E-state index contributed by atoms with van der Waals surface area (Å²) in [5.74, 6) is 0. The van der Waals surface area contributed by atoms with Crippen molar-refractivity contribution in [3.05, 3.63) is 0 Å². The Hall–Kier alpha value is -0.240. The summed E-state index contributed by atoms with van der Waals surface area (Å²) >= 11 is 0. The molecule has 114 valence electrons. The fourth-order valence-corrected chi connectivity index (χ4v) is 2.45. The lowest BCUT2D eigenvalue weighted by Gasteiger charge is -2.39. The number of nitrogens with zero attached hydrogens (tertiary/aromatic N) is 1. The van der Waals surface area contributed by atoms with Gasteiger partial charge in [-0.3, -0.25) is 4.90 Å². The minimum Gasteiger partial charge on any atom is -0.389 e. The molecule has 0 bridgehead atoms. The van der Waals surface area contributed by atoms with Gasteiger partial charge >= 0.3 is 0 Å². The first-order valence-electron chi connectivity index (χ1n) is 6.92. The average molecular weight is 276 g/mol. The molecule has 1 rings (SSSR count). The van der Waals surface area contributed by atoms with Gasteiger partial charge in [0.05, 0.1) is 32.0 Å². The molecule has 3 unspecified atom stereocenters. The number of piperidine rings is 1. The number of rotatable bonds is 9. The van der Waals surface area contributed by atoms with Crippen molar-refractivity contribution in [1.82, 2.24) is 4.90 Å². The van der Waals surface area contributed by atoms with E-state index < -0.39 is 6.10 Å². The van der Waals surface area contributed by atoms with Gasteiger partial charge in [0.25, 0.3) is 0 Å². The first-order valence-corrected chi connectivity index (χ1v) is 6.92. The van der Waals surface area contributed by atoms with Gasteiger partial charge in [0.2, 0.25) is 0 Å². The van der Waals surface area contributed by atoms with E-state index in [1.807, 2.05) is 0 Å². The van der Waals surface area contributed by atoms with E-state index in [2.05, 4.69) is 4.90 Å². The van der Waals surface area contributed by atoms with Gasteiger partial charge in [0.15, 0.2) is 0 Å². The van der Waals surface area contributed by atoms with E-state index in [9.17, 15) is 5.11 Å². The molecule has 1 saturated heterocycles. The minimum atomic E-state index is -0.481. The van der Waals surface area contributed by atoms with Crippen molar-refractivity contribution >= 4 is 0 Å². The second-order valence-corrected chi connectivity index (χ2v) is 4.99. The van der Waals surface area contributed by atoms with Crippen molar-refractivity contribution in [3.63, 3.8) is 0 Å². The number of likely N-dealkylation sites (tertiary alicyclic amines) is 1. The second kappa shape index (κ2) is 9.63. The fourth-order valence-electron chi connectivity index (χ4n) is 2.45. The Bertz CT molecular complexity index is 231. The van der Waals surface area contributed by atoms with Gasteiger partial charge < -0.3 is 25.1 Å². The van der Waals surface area contributed by atoms with Crippen molar-refractivity contribution in [2.45, 2.75) is 31.1 Å². The van der Waals surface area contributed by atoms with E-state index in [0.717, 1.165) is 19.4 Å². The van der Waals surface area contributed by atoms with E-state index >= 15 is 0 Å². The highest BCUT2D eigenvalue weighted by atomic mass is 16.5. The predicted molar refractivity (Wildman–Crippen MR) is 73.1 cm³/mol. The Kier molecular flexibility index (Phi) is 8.52. The molecule has 0 aromatic heterocycles. The van der Waals surface area contributed by atoms with Crippen LogP contribution in [0.15, 0.2) is 0 Å². The van der Waals surface area contributed by atoms with Crippen LogP contribution in [0.4, 0.5) is 0 Å². The quantitative estimate of drug-likeness (QED) is 0.550. The molecule has 19 heavy (non-hydrogen) atoms. The minimum absolute atomic E-state index is 0.285. The van der Waals surface area contributed by atoms with Gasteiger partial charge in [-0.15, -0.1) is 0 Å². The molecule has 0 saturated carbocycles. The lowest BCUT2D eigenvalue weighted by atomic mass is 9.99. The summed E-state index contributed by atoms with van der Waals surface area (Å²) in [4.78, 5) is 2.24. The molecule has 0 aliphatic carbocycles. The van der Waals surface area contributed by atoms with Crippen LogP contribution in [0.3, 0.4) is 0 Å². The summed E-state index contributed by atoms with van der Waals surface area (Å²) in [5, 5.41) is 9.96. The van der Waals surface area contributed by atoms with E-state index in [4.69, 9.17) is 19.9 Å². The zero-order valence-electron chi connectivity index (χ0n) is 12.1. The molecule has 6 heteroatoms. The molecule has 1 heterocycles. The van der Waals surface area contributed by atoms with Gasteiger partial charge in [-0.1, -0.05) is 0 Å². The standard InChI is InChI=1S/C13H28N2O4/c1-17-5-6-19-10-12(16)9-15-4-3-13(18-2)7-11(15)8-14/h11-13,16H,3-10,14H2,1-2H3. The monoisotopic (exact) mass is 276 g/mol. The summed E-state index contributed by atoms with van der Waals surface area (Å²) in [7, 11) is 3.37. The smallest absolute Gasteiger partial charge is 0.0900 e. The van der Waals surface area contributed by atoms with Gasteiger partial charge in [-0.05, 0) is 12.8 Å². The van der Waals surface area contributed by atoms with E-state index in [-0.39, 0.29) is 6.04 Å². The predicted octanol–water partition coefficient (Wildman–Crippen LogP) is -0.552. The Morgan fingerprint density at radius 3 is 2.79 bits per heavy atom. The van der Waals surface area contributed by atoms with Crippen LogP contribution < -0.4 is 5.73 Å². The highest BCUT2D eigenvalue weighted by Gasteiger charge is 2.28. The SMILES string of the molecule is COCCOCC(O)CN1CCC(OC)CC1CN. The molecule has 0 spiro atoms. The summed E-state index contributed by atoms with van der Waals surface area (Å²) in [5.41, 5.74) is 5.80. The molecule has 3 N–H and O–H groups in total. The summed E-state index contributed by atoms with van der Waals surface area (Å²) in [6.45, 7) is 3.51.